The van der Waals surface area contributed by atoms with Gasteiger partial charge in [-0.1, -0.05) is 23.7 Å². The minimum atomic E-state index is -0.551. The Morgan fingerprint density at radius 1 is 1.17 bits per heavy atom. The first-order valence-corrected chi connectivity index (χ1v) is 7.09. The minimum absolute atomic E-state index is 0.0171. The maximum Gasteiger partial charge on any atom is 0.254 e. The van der Waals surface area contributed by atoms with Gasteiger partial charge in [0.05, 0.1) is 17.7 Å². The van der Waals surface area contributed by atoms with Crippen molar-refractivity contribution in [2.45, 2.75) is 6.61 Å². The first kappa shape index (κ1) is 15.3. The summed E-state index contributed by atoms with van der Waals surface area (Å²) in [7, 11) is 1.56. The van der Waals surface area contributed by atoms with Gasteiger partial charge in [0.1, 0.15) is 17.3 Å². The summed E-state index contributed by atoms with van der Waals surface area (Å²) in [6, 6.07) is 11.5. The highest BCUT2D eigenvalue weighted by molar-refractivity contribution is 6.30. The number of hydrogen-bond donors (Lipinski definition) is 0. The number of benzene rings is 2. The number of hydrogen-bond acceptors (Lipinski definition) is 5. The van der Waals surface area contributed by atoms with Crippen molar-refractivity contribution in [3.8, 4) is 23.0 Å². The fraction of sp³-hybridized carbons (Fsp3) is 0.125. The Labute approximate surface area is 136 Å². The van der Waals surface area contributed by atoms with Crippen LogP contribution in [-0.4, -0.2) is 17.3 Å². The molecule has 0 bridgehead atoms. The van der Waals surface area contributed by atoms with Crippen molar-refractivity contribution in [1.82, 2.24) is 10.2 Å². The summed E-state index contributed by atoms with van der Waals surface area (Å²) in [4.78, 5) is 0. The quantitative estimate of drug-likeness (QED) is 0.702. The van der Waals surface area contributed by atoms with Gasteiger partial charge in [-0.25, -0.2) is 4.39 Å². The lowest BCUT2D eigenvalue weighted by Crippen LogP contribution is -1.96. The Kier molecular flexibility index (Phi) is 4.43. The Morgan fingerprint density at radius 2 is 2.00 bits per heavy atom. The monoisotopic (exact) mass is 334 g/mol. The molecule has 0 amide bonds. The van der Waals surface area contributed by atoms with Crippen molar-refractivity contribution in [2.24, 2.45) is 0 Å². The number of aromatic nitrogens is 2. The molecular formula is C16H12ClFN2O3. The van der Waals surface area contributed by atoms with Gasteiger partial charge in [-0.3, -0.25) is 0 Å². The topological polar surface area (TPSA) is 57.4 Å². The summed E-state index contributed by atoms with van der Waals surface area (Å²) in [6.07, 6.45) is 0. The van der Waals surface area contributed by atoms with E-state index in [0.717, 1.165) is 0 Å². The zero-order valence-corrected chi connectivity index (χ0v) is 12.9. The van der Waals surface area contributed by atoms with E-state index in [2.05, 4.69) is 10.2 Å². The van der Waals surface area contributed by atoms with Gasteiger partial charge in [-0.2, -0.15) is 0 Å². The summed E-state index contributed by atoms with van der Waals surface area (Å²) >= 11 is 5.61. The fourth-order valence-corrected chi connectivity index (χ4v) is 2.07. The molecule has 0 atom stereocenters. The van der Waals surface area contributed by atoms with Crippen molar-refractivity contribution < 1.29 is 18.3 Å². The van der Waals surface area contributed by atoms with Gasteiger partial charge >= 0.3 is 0 Å². The smallest absolute Gasteiger partial charge is 0.254 e. The Hall–Kier alpha value is -2.60. The highest BCUT2D eigenvalue weighted by Gasteiger charge is 2.13. The number of halogens is 2. The highest BCUT2D eigenvalue weighted by Crippen LogP contribution is 2.28. The Bertz CT molecular complexity index is 823. The van der Waals surface area contributed by atoms with Crippen LogP contribution in [0.2, 0.25) is 5.02 Å². The van der Waals surface area contributed by atoms with Gasteiger partial charge in [0, 0.05) is 6.07 Å². The fourth-order valence-electron chi connectivity index (χ4n) is 1.95. The van der Waals surface area contributed by atoms with Crippen LogP contribution in [0.15, 0.2) is 46.9 Å². The van der Waals surface area contributed by atoms with Crippen LogP contribution in [0.4, 0.5) is 4.39 Å². The third-order valence-electron chi connectivity index (χ3n) is 3.06. The zero-order chi connectivity index (χ0) is 16.2. The third-order valence-corrected chi connectivity index (χ3v) is 3.36. The molecule has 23 heavy (non-hydrogen) atoms. The molecule has 5 nitrogen and oxygen atoms in total. The predicted molar refractivity (Wildman–Crippen MR) is 82.0 cm³/mol. The van der Waals surface area contributed by atoms with Crippen molar-refractivity contribution in [2.75, 3.05) is 7.11 Å². The van der Waals surface area contributed by atoms with Crippen molar-refractivity contribution in [3.63, 3.8) is 0 Å². The molecule has 0 saturated heterocycles. The van der Waals surface area contributed by atoms with E-state index in [-0.39, 0.29) is 17.5 Å². The van der Waals surface area contributed by atoms with Crippen molar-refractivity contribution >= 4 is 11.6 Å². The third kappa shape index (κ3) is 3.43. The van der Waals surface area contributed by atoms with Crippen LogP contribution in [0.25, 0.3) is 11.5 Å². The van der Waals surface area contributed by atoms with Crippen LogP contribution >= 0.6 is 11.6 Å². The van der Waals surface area contributed by atoms with Gasteiger partial charge in [-0.15, -0.1) is 10.2 Å². The van der Waals surface area contributed by atoms with Crippen LogP contribution in [0.5, 0.6) is 11.5 Å². The molecule has 1 aromatic heterocycles. The van der Waals surface area contributed by atoms with E-state index in [1.165, 1.54) is 12.1 Å². The second-order valence-corrected chi connectivity index (χ2v) is 4.97. The molecule has 118 valence electrons. The molecule has 2 aromatic carbocycles. The SMILES string of the molecule is COc1ccccc1-c1nnc(COc2ccc(Cl)c(F)c2)o1. The summed E-state index contributed by atoms with van der Waals surface area (Å²) in [5.41, 5.74) is 0.686. The number of para-hydroxylation sites is 1. The average Bonchev–Trinajstić information content (AvgIpc) is 3.04. The molecule has 0 aliphatic rings. The maximum absolute atomic E-state index is 13.3. The molecule has 0 aliphatic carbocycles. The minimum Gasteiger partial charge on any atom is -0.496 e. The maximum atomic E-state index is 13.3. The van der Waals surface area contributed by atoms with Crippen LogP contribution in [0.1, 0.15) is 5.89 Å². The van der Waals surface area contributed by atoms with Gasteiger partial charge < -0.3 is 13.9 Å². The molecule has 3 rings (SSSR count). The Morgan fingerprint density at radius 3 is 2.78 bits per heavy atom. The number of ether oxygens (including phenoxy) is 2. The number of methoxy groups -OCH3 is 1. The second-order valence-electron chi connectivity index (χ2n) is 4.57. The zero-order valence-electron chi connectivity index (χ0n) is 12.1. The lowest BCUT2D eigenvalue weighted by atomic mass is 10.2. The van der Waals surface area contributed by atoms with Gasteiger partial charge in [0.2, 0.25) is 0 Å². The lowest BCUT2D eigenvalue weighted by molar-refractivity contribution is 0.263. The molecule has 0 aliphatic heterocycles. The molecule has 0 radical (unpaired) electrons. The Balaban J connectivity index is 1.73. The van der Waals surface area contributed by atoms with E-state index in [1.807, 2.05) is 18.2 Å². The van der Waals surface area contributed by atoms with E-state index < -0.39 is 5.82 Å². The molecule has 1 heterocycles. The molecule has 0 spiro atoms. The molecule has 0 saturated carbocycles. The van der Waals surface area contributed by atoms with Crippen molar-refractivity contribution in [1.29, 1.82) is 0 Å². The summed E-state index contributed by atoms with van der Waals surface area (Å²) in [6.45, 7) is 0.0171. The molecular weight excluding hydrogens is 323 g/mol. The largest absolute Gasteiger partial charge is 0.496 e. The van der Waals surface area contributed by atoms with E-state index in [0.29, 0.717) is 23.0 Å². The molecule has 7 heteroatoms. The van der Waals surface area contributed by atoms with Crippen LogP contribution in [0, 0.1) is 5.82 Å². The standard InChI is InChI=1S/C16H12ClFN2O3/c1-21-14-5-3-2-4-11(14)16-20-19-15(23-16)9-22-10-6-7-12(17)13(18)8-10/h2-8H,9H2,1H3. The van der Waals surface area contributed by atoms with E-state index in [9.17, 15) is 4.39 Å². The average molecular weight is 335 g/mol. The van der Waals surface area contributed by atoms with E-state index in [1.54, 1.807) is 19.2 Å². The normalized spacial score (nSPS) is 10.6. The van der Waals surface area contributed by atoms with Gasteiger partial charge in [-0.05, 0) is 24.3 Å². The number of nitrogens with zero attached hydrogens (tertiary/aromatic N) is 2. The van der Waals surface area contributed by atoms with E-state index >= 15 is 0 Å². The summed E-state index contributed by atoms with van der Waals surface area (Å²) in [5.74, 6) is 0.987. The first-order valence-electron chi connectivity index (χ1n) is 6.71. The van der Waals surface area contributed by atoms with Gasteiger partial charge in [0.25, 0.3) is 11.8 Å². The summed E-state index contributed by atoms with van der Waals surface area (Å²) < 4.78 is 29.5. The van der Waals surface area contributed by atoms with Crippen LogP contribution in [-0.2, 0) is 6.61 Å². The highest BCUT2D eigenvalue weighted by atomic mass is 35.5. The molecule has 0 unspecified atom stereocenters. The second kappa shape index (κ2) is 6.66. The lowest BCUT2D eigenvalue weighted by Gasteiger charge is -2.04. The predicted octanol–water partition coefficient (Wildman–Crippen LogP) is 4.12. The molecule has 0 N–H and O–H groups in total. The van der Waals surface area contributed by atoms with E-state index in [4.69, 9.17) is 25.5 Å². The van der Waals surface area contributed by atoms with Crippen LogP contribution < -0.4 is 9.47 Å². The van der Waals surface area contributed by atoms with Crippen molar-refractivity contribution in [3.05, 3.63) is 59.2 Å². The summed E-state index contributed by atoms with van der Waals surface area (Å²) in [5, 5.41) is 7.91. The van der Waals surface area contributed by atoms with Gasteiger partial charge in [0.15, 0.2) is 6.61 Å². The number of rotatable bonds is 5. The van der Waals surface area contributed by atoms with Crippen LogP contribution in [0.3, 0.4) is 0 Å². The molecule has 3 aromatic rings. The first-order chi connectivity index (χ1) is 11.2. The molecule has 0 fully saturated rings.